The third-order valence-corrected chi connectivity index (χ3v) is 3.96. The number of hydrogen-bond acceptors (Lipinski definition) is 3. The van der Waals surface area contributed by atoms with E-state index < -0.39 is 0 Å². The van der Waals surface area contributed by atoms with E-state index in [2.05, 4.69) is 22.7 Å². The molecule has 114 valence electrons. The zero-order chi connectivity index (χ0) is 13.8. The Bertz CT molecular complexity index is 452. The van der Waals surface area contributed by atoms with Crippen molar-refractivity contribution in [3.05, 3.63) is 17.0 Å². The van der Waals surface area contributed by atoms with Crippen molar-refractivity contribution in [1.82, 2.24) is 20.4 Å². The highest BCUT2D eigenvalue weighted by atomic mass is 35.5. The Hall–Kier alpha value is -1.07. The molecule has 1 saturated heterocycles. The lowest BCUT2D eigenvalue weighted by atomic mass is 10.0. The molecule has 0 radical (unpaired) electrons. The number of hydrogen-bond donors (Lipinski definition) is 2. The number of rotatable bonds is 4. The highest BCUT2D eigenvalue weighted by Gasteiger charge is 2.20. The summed E-state index contributed by atoms with van der Waals surface area (Å²) in [5, 5.41) is 10.7. The molecule has 1 aromatic heterocycles. The van der Waals surface area contributed by atoms with Gasteiger partial charge in [0.1, 0.15) is 0 Å². The molecule has 0 bridgehead atoms. The second-order valence-corrected chi connectivity index (χ2v) is 5.32. The van der Waals surface area contributed by atoms with Crippen LogP contribution in [0.4, 0.5) is 0 Å². The Morgan fingerprint density at radius 1 is 1.45 bits per heavy atom. The van der Waals surface area contributed by atoms with Crippen LogP contribution in [0.5, 0.6) is 0 Å². The molecule has 0 aliphatic carbocycles. The van der Waals surface area contributed by atoms with Gasteiger partial charge in [-0.3, -0.25) is 9.48 Å². The van der Waals surface area contributed by atoms with Gasteiger partial charge >= 0.3 is 0 Å². The number of nitrogens with zero attached hydrogens (tertiary/aromatic N) is 2. The topological polar surface area (TPSA) is 59.0 Å². The molecule has 2 heterocycles. The summed E-state index contributed by atoms with van der Waals surface area (Å²) in [6, 6.07) is 0.00448. The highest BCUT2D eigenvalue weighted by Crippen LogP contribution is 2.12. The molecule has 6 heteroatoms. The van der Waals surface area contributed by atoms with E-state index in [1.807, 2.05) is 18.7 Å². The minimum absolute atomic E-state index is 0. The summed E-state index contributed by atoms with van der Waals surface area (Å²) in [6.07, 6.45) is 4.13. The van der Waals surface area contributed by atoms with Gasteiger partial charge in [0.2, 0.25) is 5.91 Å². The molecule has 1 amide bonds. The van der Waals surface area contributed by atoms with Gasteiger partial charge in [-0.15, -0.1) is 12.4 Å². The first-order valence-electron chi connectivity index (χ1n) is 7.09. The number of halogens is 1. The number of piperidine rings is 1. The van der Waals surface area contributed by atoms with Crippen molar-refractivity contribution in [3.63, 3.8) is 0 Å². The van der Waals surface area contributed by atoms with Crippen LogP contribution in [0.1, 0.15) is 36.2 Å². The largest absolute Gasteiger partial charge is 0.354 e. The van der Waals surface area contributed by atoms with Crippen molar-refractivity contribution in [1.29, 1.82) is 0 Å². The van der Waals surface area contributed by atoms with Crippen molar-refractivity contribution >= 4 is 18.3 Å². The van der Waals surface area contributed by atoms with Crippen LogP contribution in [0.15, 0.2) is 0 Å². The fourth-order valence-electron chi connectivity index (χ4n) is 2.69. The van der Waals surface area contributed by atoms with E-state index in [1.165, 1.54) is 17.7 Å². The number of carbonyl (C=O) groups is 1. The summed E-state index contributed by atoms with van der Waals surface area (Å²) in [5.41, 5.74) is 3.49. The van der Waals surface area contributed by atoms with E-state index in [1.54, 1.807) is 0 Å². The first-order chi connectivity index (χ1) is 9.09. The summed E-state index contributed by atoms with van der Waals surface area (Å²) < 4.78 is 1.90. The van der Waals surface area contributed by atoms with Gasteiger partial charge in [-0.2, -0.15) is 5.10 Å². The molecule has 2 rings (SSSR count). The van der Waals surface area contributed by atoms with Crippen LogP contribution >= 0.6 is 12.4 Å². The van der Waals surface area contributed by atoms with Crippen molar-refractivity contribution in [2.45, 2.75) is 45.6 Å². The number of nitrogens with one attached hydrogen (secondary N) is 2. The maximum atomic E-state index is 12.0. The molecule has 1 unspecified atom stereocenters. The van der Waals surface area contributed by atoms with Crippen LogP contribution in [0, 0.1) is 13.8 Å². The van der Waals surface area contributed by atoms with E-state index in [9.17, 15) is 4.79 Å². The average molecular weight is 301 g/mol. The highest BCUT2D eigenvalue weighted by molar-refractivity contribution is 5.85. The number of amides is 1. The monoisotopic (exact) mass is 300 g/mol. The Labute approximate surface area is 126 Å². The number of carbonyl (C=O) groups excluding carboxylic acids is 1. The molecule has 0 saturated carbocycles. The van der Waals surface area contributed by atoms with E-state index >= 15 is 0 Å². The first kappa shape index (κ1) is 17.0. The molecule has 0 spiro atoms. The Kier molecular flexibility index (Phi) is 6.49. The van der Waals surface area contributed by atoms with Gasteiger partial charge in [0.25, 0.3) is 0 Å². The van der Waals surface area contributed by atoms with Crippen LogP contribution < -0.4 is 10.6 Å². The first-order valence-corrected chi connectivity index (χ1v) is 7.09. The lowest BCUT2D eigenvalue weighted by Gasteiger charge is -2.22. The maximum Gasteiger partial charge on any atom is 0.237 e. The van der Waals surface area contributed by atoms with E-state index in [-0.39, 0.29) is 24.4 Å². The predicted octanol–water partition coefficient (Wildman–Crippen LogP) is 1.26. The zero-order valence-electron chi connectivity index (χ0n) is 12.5. The average Bonchev–Trinajstić information content (AvgIpc) is 2.66. The summed E-state index contributed by atoms with van der Waals surface area (Å²) in [4.78, 5) is 12.0. The van der Waals surface area contributed by atoms with Gasteiger partial charge in [-0.05, 0) is 45.2 Å². The molecule has 1 aliphatic heterocycles. The second-order valence-electron chi connectivity index (χ2n) is 5.32. The van der Waals surface area contributed by atoms with E-state index in [0.717, 1.165) is 31.5 Å². The van der Waals surface area contributed by atoms with Crippen LogP contribution in [0.25, 0.3) is 0 Å². The number of aromatic nitrogens is 2. The molecule has 1 aromatic rings. The predicted molar refractivity (Wildman–Crippen MR) is 82.3 cm³/mol. The van der Waals surface area contributed by atoms with Gasteiger partial charge in [0.15, 0.2) is 0 Å². The molecule has 0 aromatic carbocycles. The molecule has 2 N–H and O–H groups in total. The van der Waals surface area contributed by atoms with Crippen LogP contribution in [-0.4, -0.2) is 34.8 Å². The summed E-state index contributed by atoms with van der Waals surface area (Å²) in [7, 11) is 1.95. The molecule has 5 nitrogen and oxygen atoms in total. The van der Waals surface area contributed by atoms with Crippen molar-refractivity contribution < 1.29 is 4.79 Å². The normalized spacial score (nSPS) is 18.4. The maximum absolute atomic E-state index is 12.0. The van der Waals surface area contributed by atoms with Crippen LogP contribution in [0.2, 0.25) is 0 Å². The molecule has 1 atom stereocenters. The fraction of sp³-hybridized carbons (Fsp3) is 0.714. The minimum Gasteiger partial charge on any atom is -0.354 e. The van der Waals surface area contributed by atoms with E-state index in [0.29, 0.717) is 6.54 Å². The van der Waals surface area contributed by atoms with E-state index in [4.69, 9.17) is 0 Å². The van der Waals surface area contributed by atoms with Gasteiger partial charge in [0.05, 0.1) is 11.7 Å². The quantitative estimate of drug-likeness (QED) is 0.880. The molecule has 1 aliphatic rings. The standard InChI is InChI=1S/C14H24N4O.ClH/c1-10-12(11(2)18(3)17-10)7-9-16-14(19)13-6-4-5-8-15-13;/h13,15H,4-9H2,1-3H3,(H,16,19);1H. The second kappa shape index (κ2) is 7.64. The third kappa shape index (κ3) is 3.96. The number of aryl methyl sites for hydroxylation is 2. The lowest BCUT2D eigenvalue weighted by molar-refractivity contribution is -0.123. The van der Waals surface area contributed by atoms with Crippen molar-refractivity contribution in [3.8, 4) is 0 Å². The van der Waals surface area contributed by atoms with Crippen LogP contribution in [-0.2, 0) is 18.3 Å². The van der Waals surface area contributed by atoms with Gasteiger partial charge in [-0.1, -0.05) is 6.42 Å². The van der Waals surface area contributed by atoms with Gasteiger partial charge < -0.3 is 10.6 Å². The summed E-state index contributed by atoms with van der Waals surface area (Å²) in [6.45, 7) is 5.73. The van der Waals surface area contributed by atoms with Gasteiger partial charge in [-0.25, -0.2) is 0 Å². The summed E-state index contributed by atoms with van der Waals surface area (Å²) >= 11 is 0. The Morgan fingerprint density at radius 2 is 2.20 bits per heavy atom. The SMILES string of the molecule is Cc1nn(C)c(C)c1CCNC(=O)C1CCCCN1.Cl. The minimum atomic E-state index is 0. The molecular formula is C14H25ClN4O. The summed E-state index contributed by atoms with van der Waals surface area (Å²) in [5.74, 6) is 0.138. The van der Waals surface area contributed by atoms with Crippen molar-refractivity contribution in [2.75, 3.05) is 13.1 Å². The molecule has 20 heavy (non-hydrogen) atoms. The molecular weight excluding hydrogens is 276 g/mol. The van der Waals surface area contributed by atoms with Crippen LogP contribution in [0.3, 0.4) is 0 Å². The smallest absolute Gasteiger partial charge is 0.237 e. The Morgan fingerprint density at radius 3 is 2.75 bits per heavy atom. The van der Waals surface area contributed by atoms with Crippen molar-refractivity contribution in [2.24, 2.45) is 7.05 Å². The third-order valence-electron chi connectivity index (χ3n) is 3.96. The molecule has 1 fully saturated rings. The lowest BCUT2D eigenvalue weighted by Crippen LogP contribution is -2.47. The fourth-order valence-corrected chi connectivity index (χ4v) is 2.69. The zero-order valence-corrected chi connectivity index (χ0v) is 13.3. The Balaban J connectivity index is 0.00000200. The van der Waals surface area contributed by atoms with Gasteiger partial charge in [0, 0.05) is 19.3 Å².